The van der Waals surface area contributed by atoms with Crippen LogP contribution in [0.1, 0.15) is 17.4 Å². The minimum atomic E-state index is -0.135. The molecule has 0 aliphatic heterocycles. The van der Waals surface area contributed by atoms with Crippen LogP contribution in [0.2, 0.25) is 0 Å². The number of carbonyl (C=O) groups is 1. The van der Waals surface area contributed by atoms with Gasteiger partial charge in [0, 0.05) is 26.4 Å². The first-order valence-corrected chi connectivity index (χ1v) is 5.99. The van der Waals surface area contributed by atoms with Gasteiger partial charge in [-0.15, -0.1) is 0 Å². The van der Waals surface area contributed by atoms with Gasteiger partial charge in [-0.1, -0.05) is 0 Å². The molecule has 18 heavy (non-hydrogen) atoms. The molecule has 0 unspecified atom stereocenters. The van der Waals surface area contributed by atoms with Crippen molar-refractivity contribution in [3.05, 3.63) is 18.0 Å². The largest absolute Gasteiger partial charge is 0.397 e. The van der Waals surface area contributed by atoms with Crippen LogP contribution in [0.15, 0.2) is 12.3 Å². The summed E-state index contributed by atoms with van der Waals surface area (Å²) in [6.07, 6.45) is 1.75. The van der Waals surface area contributed by atoms with Gasteiger partial charge in [-0.3, -0.25) is 4.79 Å². The van der Waals surface area contributed by atoms with Crippen molar-refractivity contribution >= 4 is 11.6 Å². The van der Waals surface area contributed by atoms with E-state index in [9.17, 15) is 4.79 Å². The summed E-state index contributed by atoms with van der Waals surface area (Å²) in [5, 5.41) is 2.78. The number of nitrogen functional groups attached to an aromatic ring is 1. The van der Waals surface area contributed by atoms with Gasteiger partial charge in [-0.25, -0.2) is 0 Å². The highest BCUT2D eigenvalue weighted by Gasteiger charge is 2.11. The number of aromatic nitrogens is 1. The maximum absolute atomic E-state index is 11.9. The molecule has 1 heterocycles. The van der Waals surface area contributed by atoms with Gasteiger partial charge >= 0.3 is 0 Å². The van der Waals surface area contributed by atoms with Gasteiger partial charge in [-0.05, 0) is 13.0 Å². The predicted molar refractivity (Wildman–Crippen MR) is 69.5 cm³/mol. The highest BCUT2D eigenvalue weighted by atomic mass is 16.5. The molecular weight excluding hydrogens is 234 g/mol. The second kappa shape index (κ2) is 7.73. The monoisotopic (exact) mass is 255 g/mol. The zero-order valence-corrected chi connectivity index (χ0v) is 10.9. The van der Waals surface area contributed by atoms with Crippen LogP contribution < -0.4 is 11.1 Å². The van der Waals surface area contributed by atoms with E-state index < -0.39 is 0 Å². The Morgan fingerprint density at radius 3 is 2.89 bits per heavy atom. The van der Waals surface area contributed by atoms with Gasteiger partial charge < -0.3 is 25.1 Å². The second-order valence-corrected chi connectivity index (χ2v) is 3.81. The van der Waals surface area contributed by atoms with Crippen molar-refractivity contribution in [1.82, 2.24) is 9.88 Å². The van der Waals surface area contributed by atoms with Crippen molar-refractivity contribution in [2.75, 3.05) is 39.2 Å². The van der Waals surface area contributed by atoms with E-state index in [1.54, 1.807) is 19.4 Å². The SMILES string of the molecule is CCn1cc(N)cc1C(=O)NCCOCCOC. The van der Waals surface area contributed by atoms with E-state index in [0.29, 0.717) is 44.3 Å². The van der Waals surface area contributed by atoms with Crippen molar-refractivity contribution < 1.29 is 14.3 Å². The second-order valence-electron chi connectivity index (χ2n) is 3.81. The lowest BCUT2D eigenvalue weighted by Gasteiger charge is -2.08. The molecule has 0 bridgehead atoms. The Morgan fingerprint density at radius 1 is 1.44 bits per heavy atom. The molecule has 1 amide bonds. The standard InChI is InChI=1S/C12H21N3O3/c1-3-15-9-10(13)8-11(15)12(16)14-4-5-18-7-6-17-2/h8-9H,3-7,13H2,1-2H3,(H,14,16). The fraction of sp³-hybridized carbons (Fsp3) is 0.583. The van der Waals surface area contributed by atoms with E-state index in [4.69, 9.17) is 15.2 Å². The molecule has 1 aromatic heterocycles. The molecule has 0 aliphatic rings. The van der Waals surface area contributed by atoms with Crippen molar-refractivity contribution in [2.24, 2.45) is 0 Å². The molecule has 0 saturated carbocycles. The number of carbonyl (C=O) groups excluding carboxylic acids is 1. The number of amides is 1. The molecule has 0 aliphatic carbocycles. The summed E-state index contributed by atoms with van der Waals surface area (Å²) in [6, 6.07) is 1.67. The van der Waals surface area contributed by atoms with Gasteiger partial charge in [0.05, 0.1) is 25.5 Å². The number of hydrogen-bond acceptors (Lipinski definition) is 4. The Hall–Kier alpha value is -1.53. The first kappa shape index (κ1) is 14.5. The fourth-order valence-electron chi connectivity index (χ4n) is 1.56. The summed E-state index contributed by atoms with van der Waals surface area (Å²) < 4.78 is 11.9. The maximum atomic E-state index is 11.9. The molecule has 0 aromatic carbocycles. The first-order valence-electron chi connectivity index (χ1n) is 5.99. The molecule has 0 fully saturated rings. The molecular formula is C12H21N3O3. The van der Waals surface area contributed by atoms with Crippen LogP contribution in [-0.4, -0.2) is 43.9 Å². The Labute approximate surface area is 107 Å². The molecule has 6 nitrogen and oxygen atoms in total. The van der Waals surface area contributed by atoms with Gasteiger partial charge in [0.1, 0.15) is 5.69 Å². The normalized spacial score (nSPS) is 10.6. The quantitative estimate of drug-likeness (QED) is 0.662. The Morgan fingerprint density at radius 2 is 2.22 bits per heavy atom. The number of aryl methyl sites for hydroxylation is 1. The van der Waals surface area contributed by atoms with E-state index >= 15 is 0 Å². The van der Waals surface area contributed by atoms with E-state index in [1.165, 1.54) is 0 Å². The van der Waals surface area contributed by atoms with Crippen LogP contribution in [-0.2, 0) is 16.0 Å². The molecule has 0 radical (unpaired) electrons. The van der Waals surface area contributed by atoms with Gasteiger partial charge in [0.15, 0.2) is 0 Å². The summed E-state index contributed by atoms with van der Waals surface area (Å²) in [6.45, 7) is 4.71. The molecule has 0 spiro atoms. The van der Waals surface area contributed by atoms with Crippen LogP contribution in [0, 0.1) is 0 Å². The predicted octanol–water partition coefficient (Wildman–Crippen LogP) is 0.483. The number of hydrogen-bond donors (Lipinski definition) is 2. The molecule has 3 N–H and O–H groups in total. The minimum absolute atomic E-state index is 0.135. The zero-order chi connectivity index (χ0) is 13.4. The third-order valence-corrected chi connectivity index (χ3v) is 2.45. The average molecular weight is 255 g/mol. The van der Waals surface area contributed by atoms with Crippen molar-refractivity contribution in [2.45, 2.75) is 13.5 Å². The third-order valence-electron chi connectivity index (χ3n) is 2.45. The van der Waals surface area contributed by atoms with Crippen LogP contribution in [0.25, 0.3) is 0 Å². The number of nitrogens with zero attached hydrogens (tertiary/aromatic N) is 1. The number of anilines is 1. The number of nitrogens with two attached hydrogens (primary N) is 1. The number of ether oxygens (including phenoxy) is 2. The Balaban J connectivity index is 2.32. The highest BCUT2D eigenvalue weighted by molar-refractivity contribution is 5.93. The van der Waals surface area contributed by atoms with Gasteiger partial charge in [0.2, 0.25) is 0 Å². The molecule has 1 rings (SSSR count). The molecule has 0 saturated heterocycles. The maximum Gasteiger partial charge on any atom is 0.268 e. The zero-order valence-electron chi connectivity index (χ0n) is 10.9. The smallest absolute Gasteiger partial charge is 0.268 e. The molecule has 6 heteroatoms. The van der Waals surface area contributed by atoms with E-state index in [-0.39, 0.29) is 5.91 Å². The lowest BCUT2D eigenvalue weighted by atomic mass is 10.4. The number of rotatable bonds is 8. The summed E-state index contributed by atoms with van der Waals surface area (Å²) in [5.41, 5.74) is 6.83. The summed E-state index contributed by atoms with van der Waals surface area (Å²) in [4.78, 5) is 11.9. The average Bonchev–Trinajstić information content (AvgIpc) is 2.74. The lowest BCUT2D eigenvalue weighted by Crippen LogP contribution is -2.29. The van der Waals surface area contributed by atoms with E-state index in [1.807, 2.05) is 11.5 Å². The number of nitrogens with one attached hydrogen (secondary N) is 1. The Kier molecular flexibility index (Phi) is 6.24. The van der Waals surface area contributed by atoms with Crippen LogP contribution in [0.5, 0.6) is 0 Å². The molecule has 1 aromatic rings. The van der Waals surface area contributed by atoms with E-state index in [0.717, 1.165) is 0 Å². The number of methoxy groups -OCH3 is 1. The van der Waals surface area contributed by atoms with Gasteiger partial charge in [0.25, 0.3) is 5.91 Å². The summed E-state index contributed by atoms with van der Waals surface area (Å²) in [5.74, 6) is -0.135. The first-order chi connectivity index (χ1) is 8.69. The highest BCUT2D eigenvalue weighted by Crippen LogP contribution is 2.10. The topological polar surface area (TPSA) is 78.5 Å². The lowest BCUT2D eigenvalue weighted by molar-refractivity contribution is 0.0691. The van der Waals surface area contributed by atoms with Crippen LogP contribution in [0.4, 0.5) is 5.69 Å². The molecule has 0 atom stereocenters. The van der Waals surface area contributed by atoms with E-state index in [2.05, 4.69) is 5.32 Å². The molecule has 102 valence electrons. The Bertz CT molecular complexity index is 377. The van der Waals surface area contributed by atoms with Crippen LogP contribution >= 0.6 is 0 Å². The van der Waals surface area contributed by atoms with Crippen molar-refractivity contribution in [3.63, 3.8) is 0 Å². The van der Waals surface area contributed by atoms with Crippen molar-refractivity contribution in [3.8, 4) is 0 Å². The van der Waals surface area contributed by atoms with Gasteiger partial charge in [-0.2, -0.15) is 0 Å². The van der Waals surface area contributed by atoms with Crippen LogP contribution in [0.3, 0.4) is 0 Å². The summed E-state index contributed by atoms with van der Waals surface area (Å²) >= 11 is 0. The minimum Gasteiger partial charge on any atom is -0.397 e. The fourth-order valence-corrected chi connectivity index (χ4v) is 1.56. The van der Waals surface area contributed by atoms with Crippen molar-refractivity contribution in [1.29, 1.82) is 0 Å². The summed E-state index contributed by atoms with van der Waals surface area (Å²) in [7, 11) is 1.62. The third kappa shape index (κ3) is 4.38.